The number of nitrogens with one attached hydrogen (secondary N) is 1. The standard InChI is InChI=1S/C20H20N4O3/c1-3-12-27-17-8-7-15(13-18(17)26-2)20(25)22-14-16-6-4-9-21-19(16)24-11-5-10-23-24/h3-11,13H,1,12,14H2,2H3,(H,22,25). The summed E-state index contributed by atoms with van der Waals surface area (Å²) >= 11 is 0. The number of nitrogens with zero attached hydrogens (tertiary/aromatic N) is 3. The third kappa shape index (κ3) is 4.33. The molecule has 7 heteroatoms. The number of benzene rings is 1. The number of carbonyl (C=O) groups is 1. The minimum Gasteiger partial charge on any atom is -0.493 e. The lowest BCUT2D eigenvalue weighted by Crippen LogP contribution is -2.24. The summed E-state index contributed by atoms with van der Waals surface area (Å²) in [5.74, 6) is 1.50. The lowest BCUT2D eigenvalue weighted by Gasteiger charge is -2.12. The minimum atomic E-state index is -0.223. The van der Waals surface area contributed by atoms with Gasteiger partial charge in [0.15, 0.2) is 17.3 Å². The van der Waals surface area contributed by atoms with Gasteiger partial charge in [-0.25, -0.2) is 9.67 Å². The van der Waals surface area contributed by atoms with Crippen LogP contribution in [0, 0.1) is 0 Å². The van der Waals surface area contributed by atoms with E-state index in [1.165, 1.54) is 7.11 Å². The van der Waals surface area contributed by atoms with E-state index in [1.807, 2.05) is 18.2 Å². The average Bonchev–Trinajstić information content (AvgIpc) is 3.25. The molecule has 0 bridgehead atoms. The van der Waals surface area contributed by atoms with Crippen molar-refractivity contribution in [2.75, 3.05) is 13.7 Å². The van der Waals surface area contributed by atoms with Crippen molar-refractivity contribution in [3.8, 4) is 17.3 Å². The van der Waals surface area contributed by atoms with Gasteiger partial charge in [0, 0.05) is 36.3 Å². The smallest absolute Gasteiger partial charge is 0.251 e. The molecule has 0 saturated heterocycles. The highest BCUT2D eigenvalue weighted by molar-refractivity contribution is 5.94. The Morgan fingerprint density at radius 2 is 2.15 bits per heavy atom. The quantitative estimate of drug-likeness (QED) is 0.622. The molecule has 2 heterocycles. The van der Waals surface area contributed by atoms with E-state index in [0.717, 1.165) is 5.56 Å². The molecule has 0 radical (unpaired) electrons. The lowest BCUT2D eigenvalue weighted by atomic mass is 10.1. The van der Waals surface area contributed by atoms with Crippen LogP contribution in [0.25, 0.3) is 5.82 Å². The lowest BCUT2D eigenvalue weighted by molar-refractivity contribution is 0.0950. The van der Waals surface area contributed by atoms with Crippen molar-refractivity contribution in [1.29, 1.82) is 0 Å². The van der Waals surface area contributed by atoms with E-state index in [2.05, 4.69) is 22.0 Å². The first-order valence-electron chi connectivity index (χ1n) is 8.36. The van der Waals surface area contributed by atoms with Gasteiger partial charge in [-0.15, -0.1) is 0 Å². The molecule has 0 aliphatic carbocycles. The van der Waals surface area contributed by atoms with Gasteiger partial charge in [0.2, 0.25) is 0 Å². The molecule has 138 valence electrons. The van der Waals surface area contributed by atoms with E-state index in [1.54, 1.807) is 47.5 Å². The van der Waals surface area contributed by atoms with E-state index in [0.29, 0.717) is 36.0 Å². The maximum absolute atomic E-state index is 12.5. The Bertz CT molecular complexity index is 923. The molecule has 3 aromatic rings. The number of hydrogen-bond acceptors (Lipinski definition) is 5. The number of amides is 1. The predicted octanol–water partition coefficient (Wildman–Crippen LogP) is 2.77. The fourth-order valence-electron chi connectivity index (χ4n) is 2.52. The number of rotatable bonds is 8. The Balaban J connectivity index is 1.72. The van der Waals surface area contributed by atoms with Crippen LogP contribution in [0.15, 0.2) is 67.6 Å². The Morgan fingerprint density at radius 3 is 2.89 bits per heavy atom. The summed E-state index contributed by atoms with van der Waals surface area (Å²) in [5, 5.41) is 7.09. The molecule has 0 aliphatic rings. The first kappa shape index (κ1) is 18.2. The van der Waals surface area contributed by atoms with E-state index < -0.39 is 0 Å². The molecule has 7 nitrogen and oxygen atoms in total. The van der Waals surface area contributed by atoms with Crippen LogP contribution < -0.4 is 14.8 Å². The van der Waals surface area contributed by atoms with Crippen molar-refractivity contribution in [2.24, 2.45) is 0 Å². The molecule has 2 aromatic heterocycles. The molecular weight excluding hydrogens is 344 g/mol. The Labute approximate surface area is 157 Å². The van der Waals surface area contributed by atoms with Crippen LogP contribution in [0.2, 0.25) is 0 Å². The van der Waals surface area contributed by atoms with Gasteiger partial charge < -0.3 is 14.8 Å². The highest BCUT2D eigenvalue weighted by Crippen LogP contribution is 2.28. The number of pyridine rings is 1. The molecule has 0 spiro atoms. The van der Waals surface area contributed by atoms with Crippen LogP contribution in [0.1, 0.15) is 15.9 Å². The van der Waals surface area contributed by atoms with E-state index in [9.17, 15) is 4.79 Å². The summed E-state index contributed by atoms with van der Waals surface area (Å²) in [6.07, 6.45) is 6.82. The molecule has 0 unspecified atom stereocenters. The summed E-state index contributed by atoms with van der Waals surface area (Å²) in [6, 6.07) is 10.6. The first-order valence-corrected chi connectivity index (χ1v) is 8.36. The number of carbonyl (C=O) groups excluding carboxylic acids is 1. The Morgan fingerprint density at radius 1 is 1.26 bits per heavy atom. The van der Waals surface area contributed by atoms with E-state index in [4.69, 9.17) is 9.47 Å². The van der Waals surface area contributed by atoms with Crippen molar-refractivity contribution in [3.05, 3.63) is 78.8 Å². The molecule has 1 N–H and O–H groups in total. The van der Waals surface area contributed by atoms with Gasteiger partial charge in [0.1, 0.15) is 6.61 Å². The number of ether oxygens (including phenoxy) is 2. The van der Waals surface area contributed by atoms with Crippen LogP contribution in [0.3, 0.4) is 0 Å². The maximum Gasteiger partial charge on any atom is 0.251 e. The zero-order valence-electron chi connectivity index (χ0n) is 15.0. The first-order chi connectivity index (χ1) is 13.2. The second-order valence-electron chi connectivity index (χ2n) is 5.58. The van der Waals surface area contributed by atoms with Crippen LogP contribution >= 0.6 is 0 Å². The third-order valence-electron chi connectivity index (χ3n) is 3.81. The van der Waals surface area contributed by atoms with Crippen molar-refractivity contribution in [1.82, 2.24) is 20.1 Å². The van der Waals surface area contributed by atoms with Gasteiger partial charge in [0.25, 0.3) is 5.91 Å². The Kier molecular flexibility index (Phi) is 5.84. The fourth-order valence-corrected chi connectivity index (χ4v) is 2.52. The molecule has 1 aromatic carbocycles. The number of hydrogen-bond donors (Lipinski definition) is 1. The second kappa shape index (κ2) is 8.66. The molecule has 0 saturated carbocycles. The van der Waals surface area contributed by atoms with Crippen LogP contribution in [-0.4, -0.2) is 34.4 Å². The minimum absolute atomic E-state index is 0.223. The third-order valence-corrected chi connectivity index (χ3v) is 3.81. The summed E-state index contributed by atoms with van der Waals surface area (Å²) in [6.45, 7) is 4.29. The van der Waals surface area contributed by atoms with Gasteiger partial charge in [-0.3, -0.25) is 4.79 Å². The average molecular weight is 364 g/mol. The van der Waals surface area contributed by atoms with Gasteiger partial charge >= 0.3 is 0 Å². The zero-order chi connectivity index (χ0) is 19.1. The van der Waals surface area contributed by atoms with Gasteiger partial charge in [-0.1, -0.05) is 18.7 Å². The molecular formula is C20H20N4O3. The Hall–Kier alpha value is -3.61. The molecule has 0 aliphatic heterocycles. The molecule has 0 fully saturated rings. The van der Waals surface area contributed by atoms with Gasteiger partial charge in [0.05, 0.1) is 7.11 Å². The molecule has 0 atom stereocenters. The monoisotopic (exact) mass is 364 g/mol. The predicted molar refractivity (Wildman–Crippen MR) is 101 cm³/mol. The second-order valence-corrected chi connectivity index (χ2v) is 5.58. The van der Waals surface area contributed by atoms with Crippen LogP contribution in [0.4, 0.5) is 0 Å². The van der Waals surface area contributed by atoms with Crippen LogP contribution in [-0.2, 0) is 6.54 Å². The maximum atomic E-state index is 12.5. The van der Waals surface area contributed by atoms with Crippen molar-refractivity contribution >= 4 is 5.91 Å². The van der Waals surface area contributed by atoms with Crippen molar-refractivity contribution in [3.63, 3.8) is 0 Å². The summed E-state index contributed by atoms with van der Waals surface area (Å²) in [7, 11) is 1.53. The number of methoxy groups -OCH3 is 1. The zero-order valence-corrected chi connectivity index (χ0v) is 15.0. The summed E-state index contributed by atoms with van der Waals surface area (Å²) < 4.78 is 12.5. The normalized spacial score (nSPS) is 10.3. The largest absolute Gasteiger partial charge is 0.493 e. The fraction of sp³-hybridized carbons (Fsp3) is 0.150. The van der Waals surface area contributed by atoms with E-state index >= 15 is 0 Å². The molecule has 27 heavy (non-hydrogen) atoms. The SMILES string of the molecule is C=CCOc1ccc(C(=O)NCc2cccnc2-n2cccn2)cc1OC. The van der Waals surface area contributed by atoms with Gasteiger partial charge in [-0.2, -0.15) is 5.10 Å². The summed E-state index contributed by atoms with van der Waals surface area (Å²) in [5.41, 5.74) is 1.33. The van der Waals surface area contributed by atoms with Crippen molar-refractivity contribution < 1.29 is 14.3 Å². The topological polar surface area (TPSA) is 78.3 Å². The van der Waals surface area contributed by atoms with Gasteiger partial charge in [-0.05, 0) is 30.3 Å². The van der Waals surface area contributed by atoms with Crippen LogP contribution in [0.5, 0.6) is 11.5 Å². The molecule has 3 rings (SSSR count). The van der Waals surface area contributed by atoms with E-state index in [-0.39, 0.29) is 5.91 Å². The highest BCUT2D eigenvalue weighted by Gasteiger charge is 2.12. The highest BCUT2D eigenvalue weighted by atomic mass is 16.5. The molecule has 1 amide bonds. The summed E-state index contributed by atoms with van der Waals surface area (Å²) in [4.78, 5) is 16.9. The van der Waals surface area contributed by atoms with Crippen molar-refractivity contribution in [2.45, 2.75) is 6.54 Å². The number of aromatic nitrogens is 3.